The van der Waals surface area contributed by atoms with Crippen LogP contribution < -0.4 is 10.2 Å². The molecule has 1 aromatic heterocycles. The zero-order valence-corrected chi connectivity index (χ0v) is 14.4. The van der Waals surface area contributed by atoms with Crippen LogP contribution in [0.3, 0.4) is 0 Å². The van der Waals surface area contributed by atoms with Gasteiger partial charge in [0.05, 0.1) is 16.0 Å². The number of rotatable bonds is 6. The van der Waals surface area contributed by atoms with Gasteiger partial charge in [-0.1, -0.05) is 27.3 Å². The van der Waals surface area contributed by atoms with E-state index in [9.17, 15) is 14.9 Å². The molecule has 0 aliphatic carbocycles. The maximum absolute atomic E-state index is 11.6. The third-order valence-corrected chi connectivity index (χ3v) is 4.53. The number of benzene rings is 1. The van der Waals surface area contributed by atoms with Crippen LogP contribution in [0.25, 0.3) is 0 Å². The fraction of sp³-hybridized carbons (Fsp3) is 0.143. The minimum Gasteiger partial charge on any atom is -0.484 e. The number of carbonyl (C=O) groups is 1. The molecule has 1 heterocycles. The average molecular weight is 398 g/mol. The normalized spacial score (nSPS) is 10.7. The topological polar surface area (TPSA) is 93.8 Å². The van der Waals surface area contributed by atoms with Gasteiger partial charge < -0.3 is 4.74 Å². The van der Waals surface area contributed by atoms with Gasteiger partial charge in [0.15, 0.2) is 6.61 Å². The Morgan fingerprint density at radius 2 is 2.26 bits per heavy atom. The average Bonchev–Trinajstić information content (AvgIpc) is 2.97. The molecule has 0 saturated heterocycles. The predicted octanol–water partition coefficient (Wildman–Crippen LogP) is 3.26. The molecule has 0 atom stereocenters. The van der Waals surface area contributed by atoms with Crippen molar-refractivity contribution in [1.29, 1.82) is 0 Å². The van der Waals surface area contributed by atoms with Crippen LogP contribution in [0, 0.1) is 17.0 Å². The highest BCUT2D eigenvalue weighted by Gasteiger charge is 2.08. The number of amides is 1. The lowest BCUT2D eigenvalue weighted by Gasteiger charge is -2.06. The molecule has 0 aliphatic heterocycles. The van der Waals surface area contributed by atoms with Crippen molar-refractivity contribution < 1.29 is 14.5 Å². The SMILES string of the molecule is Cc1cc(OCC(=O)N/N=C/c2ccc([N+](=O)[O-])s2)ccc1Br. The number of halogens is 1. The van der Waals surface area contributed by atoms with Crippen LogP contribution in [0.1, 0.15) is 10.4 Å². The summed E-state index contributed by atoms with van der Waals surface area (Å²) in [7, 11) is 0. The van der Waals surface area contributed by atoms with Gasteiger partial charge in [-0.15, -0.1) is 0 Å². The molecule has 0 bridgehead atoms. The summed E-state index contributed by atoms with van der Waals surface area (Å²) in [6.07, 6.45) is 1.35. The third kappa shape index (κ3) is 5.15. The van der Waals surface area contributed by atoms with Crippen molar-refractivity contribution in [3.63, 3.8) is 0 Å². The van der Waals surface area contributed by atoms with Crippen LogP contribution in [0.15, 0.2) is 39.9 Å². The molecule has 0 unspecified atom stereocenters. The molecule has 0 fully saturated rings. The Morgan fingerprint density at radius 3 is 2.91 bits per heavy atom. The van der Waals surface area contributed by atoms with Gasteiger partial charge in [-0.05, 0) is 36.8 Å². The van der Waals surface area contributed by atoms with E-state index in [4.69, 9.17) is 4.74 Å². The number of nitrogens with one attached hydrogen (secondary N) is 1. The van der Waals surface area contributed by atoms with Crippen molar-refractivity contribution in [3.8, 4) is 5.75 Å². The molecule has 2 aromatic rings. The first kappa shape index (κ1) is 17.1. The molecule has 0 radical (unpaired) electrons. The van der Waals surface area contributed by atoms with Crippen molar-refractivity contribution in [2.75, 3.05) is 6.61 Å². The van der Waals surface area contributed by atoms with E-state index in [2.05, 4.69) is 26.5 Å². The van der Waals surface area contributed by atoms with Gasteiger partial charge in [0, 0.05) is 10.5 Å². The van der Waals surface area contributed by atoms with Crippen LogP contribution in [0.5, 0.6) is 5.75 Å². The third-order valence-electron chi connectivity index (χ3n) is 2.67. The zero-order valence-electron chi connectivity index (χ0n) is 12.0. The Hall–Kier alpha value is -2.26. The van der Waals surface area contributed by atoms with Crippen LogP contribution in [0.2, 0.25) is 0 Å². The van der Waals surface area contributed by atoms with E-state index >= 15 is 0 Å². The zero-order chi connectivity index (χ0) is 16.8. The fourth-order valence-corrected chi connectivity index (χ4v) is 2.51. The monoisotopic (exact) mass is 397 g/mol. The molecule has 23 heavy (non-hydrogen) atoms. The van der Waals surface area contributed by atoms with Crippen molar-refractivity contribution in [2.45, 2.75) is 6.92 Å². The summed E-state index contributed by atoms with van der Waals surface area (Å²) in [5.74, 6) is 0.159. The summed E-state index contributed by atoms with van der Waals surface area (Å²) >= 11 is 4.35. The van der Waals surface area contributed by atoms with E-state index in [0.717, 1.165) is 21.4 Å². The lowest BCUT2D eigenvalue weighted by molar-refractivity contribution is -0.380. The molecular weight excluding hydrogens is 386 g/mol. The number of nitrogens with zero attached hydrogens (tertiary/aromatic N) is 2. The van der Waals surface area contributed by atoms with Gasteiger partial charge in [0.25, 0.3) is 5.91 Å². The second kappa shape index (κ2) is 7.84. The standard InChI is InChI=1S/C14H12BrN3O4S/c1-9-6-10(2-4-12(9)15)22-8-13(19)17-16-7-11-3-5-14(23-11)18(20)21/h2-7H,8H2,1H3,(H,17,19)/b16-7+. The summed E-state index contributed by atoms with van der Waals surface area (Å²) < 4.78 is 6.31. The van der Waals surface area contributed by atoms with Crippen LogP contribution in [0.4, 0.5) is 5.00 Å². The quantitative estimate of drug-likeness (QED) is 0.459. The molecular formula is C14H12BrN3O4S. The summed E-state index contributed by atoms with van der Waals surface area (Å²) in [4.78, 5) is 22.2. The van der Waals surface area contributed by atoms with E-state index in [0.29, 0.717) is 10.6 Å². The fourth-order valence-electron chi connectivity index (χ4n) is 1.57. The highest BCUT2D eigenvalue weighted by atomic mass is 79.9. The van der Waals surface area contributed by atoms with Crippen molar-refractivity contribution in [3.05, 3.63) is 55.4 Å². The van der Waals surface area contributed by atoms with E-state index in [1.165, 1.54) is 12.3 Å². The number of nitro groups is 1. The van der Waals surface area contributed by atoms with E-state index in [1.54, 1.807) is 12.1 Å². The van der Waals surface area contributed by atoms with Gasteiger partial charge in [-0.3, -0.25) is 14.9 Å². The summed E-state index contributed by atoms with van der Waals surface area (Å²) in [5.41, 5.74) is 3.30. The molecule has 120 valence electrons. The maximum Gasteiger partial charge on any atom is 0.324 e. The molecule has 1 aromatic carbocycles. The van der Waals surface area contributed by atoms with Gasteiger partial charge >= 0.3 is 5.00 Å². The summed E-state index contributed by atoms with van der Waals surface area (Å²) in [6.45, 7) is 1.74. The van der Waals surface area contributed by atoms with Crippen LogP contribution in [-0.2, 0) is 4.79 Å². The Kier molecular flexibility index (Phi) is 5.83. The number of thiophene rings is 1. The minimum absolute atomic E-state index is 0.0201. The first-order chi connectivity index (χ1) is 11.0. The number of ether oxygens (including phenoxy) is 1. The molecule has 2 rings (SSSR count). The van der Waals surface area contributed by atoms with E-state index in [1.807, 2.05) is 19.1 Å². The van der Waals surface area contributed by atoms with E-state index < -0.39 is 10.8 Å². The number of aryl methyl sites for hydroxylation is 1. The first-order valence-electron chi connectivity index (χ1n) is 6.41. The molecule has 1 amide bonds. The van der Waals surface area contributed by atoms with Crippen molar-refractivity contribution >= 4 is 44.4 Å². The van der Waals surface area contributed by atoms with Crippen molar-refractivity contribution in [2.24, 2.45) is 5.10 Å². The number of carbonyl (C=O) groups excluding carboxylic acids is 1. The number of hydrazone groups is 1. The molecule has 7 nitrogen and oxygen atoms in total. The molecule has 9 heteroatoms. The lowest BCUT2D eigenvalue weighted by atomic mass is 10.2. The highest BCUT2D eigenvalue weighted by molar-refractivity contribution is 9.10. The van der Waals surface area contributed by atoms with Gasteiger partial charge in [-0.2, -0.15) is 5.10 Å². The number of hydrogen-bond donors (Lipinski definition) is 1. The summed E-state index contributed by atoms with van der Waals surface area (Å²) in [5, 5.41) is 14.3. The van der Waals surface area contributed by atoms with Gasteiger partial charge in [0.1, 0.15) is 5.75 Å². The van der Waals surface area contributed by atoms with Crippen molar-refractivity contribution in [1.82, 2.24) is 5.43 Å². The lowest BCUT2D eigenvalue weighted by Crippen LogP contribution is -2.24. The summed E-state index contributed by atoms with van der Waals surface area (Å²) in [6, 6.07) is 8.33. The van der Waals surface area contributed by atoms with Crippen LogP contribution in [-0.4, -0.2) is 23.7 Å². The number of hydrogen-bond acceptors (Lipinski definition) is 6. The Morgan fingerprint density at radius 1 is 1.48 bits per heavy atom. The molecule has 0 spiro atoms. The highest BCUT2D eigenvalue weighted by Crippen LogP contribution is 2.22. The second-order valence-electron chi connectivity index (χ2n) is 4.43. The first-order valence-corrected chi connectivity index (χ1v) is 8.02. The molecule has 1 N–H and O–H groups in total. The Bertz CT molecular complexity index is 760. The second-order valence-corrected chi connectivity index (χ2v) is 6.37. The minimum atomic E-state index is -0.478. The van der Waals surface area contributed by atoms with Crippen LogP contribution >= 0.6 is 27.3 Å². The Balaban J connectivity index is 1.81. The van der Waals surface area contributed by atoms with Gasteiger partial charge in [0.2, 0.25) is 0 Å². The van der Waals surface area contributed by atoms with E-state index in [-0.39, 0.29) is 11.6 Å². The van der Waals surface area contributed by atoms with Gasteiger partial charge in [-0.25, -0.2) is 5.43 Å². The molecule has 0 aliphatic rings. The smallest absolute Gasteiger partial charge is 0.324 e. The largest absolute Gasteiger partial charge is 0.484 e. The Labute approximate surface area is 144 Å². The molecule has 0 saturated carbocycles. The maximum atomic E-state index is 11.6. The predicted molar refractivity (Wildman–Crippen MR) is 91.1 cm³/mol.